The fraction of sp³-hybridized carbons (Fsp3) is 0.611. The van der Waals surface area contributed by atoms with Gasteiger partial charge in [-0.25, -0.2) is 0 Å². The van der Waals surface area contributed by atoms with E-state index in [2.05, 4.69) is 19.2 Å². The molecule has 1 atom stereocenters. The SMILES string of the molecule is CCCCC(CCC)NC(=O)C(C)(C)c1ccc(N)cc1. The molecular weight excluding hydrogens is 260 g/mol. The predicted octanol–water partition coefficient (Wildman–Crippen LogP) is 4.02. The number of hydrogen-bond acceptors (Lipinski definition) is 2. The van der Waals surface area contributed by atoms with E-state index >= 15 is 0 Å². The minimum atomic E-state index is -0.536. The summed E-state index contributed by atoms with van der Waals surface area (Å²) in [6.45, 7) is 8.28. The number of nitrogens with one attached hydrogen (secondary N) is 1. The number of rotatable bonds is 8. The van der Waals surface area contributed by atoms with Crippen LogP contribution in [0.25, 0.3) is 0 Å². The van der Waals surface area contributed by atoms with Crippen LogP contribution in [0.2, 0.25) is 0 Å². The maximum absolute atomic E-state index is 12.7. The normalized spacial score (nSPS) is 13.0. The van der Waals surface area contributed by atoms with Crippen molar-refractivity contribution >= 4 is 11.6 Å². The molecule has 0 aliphatic carbocycles. The van der Waals surface area contributed by atoms with Gasteiger partial charge in [-0.1, -0.05) is 45.2 Å². The minimum Gasteiger partial charge on any atom is -0.399 e. The van der Waals surface area contributed by atoms with Gasteiger partial charge >= 0.3 is 0 Å². The van der Waals surface area contributed by atoms with Crippen LogP contribution in [0.1, 0.15) is 65.4 Å². The zero-order valence-corrected chi connectivity index (χ0v) is 13.9. The van der Waals surface area contributed by atoms with Gasteiger partial charge in [-0.2, -0.15) is 0 Å². The Morgan fingerprint density at radius 1 is 1.14 bits per heavy atom. The lowest BCUT2D eigenvalue weighted by Gasteiger charge is -2.28. The molecule has 0 saturated heterocycles. The van der Waals surface area contributed by atoms with Gasteiger partial charge in [0.15, 0.2) is 0 Å². The molecule has 0 spiro atoms. The van der Waals surface area contributed by atoms with Crippen LogP contribution in [0, 0.1) is 0 Å². The number of unbranched alkanes of at least 4 members (excludes halogenated alkanes) is 1. The van der Waals surface area contributed by atoms with Crippen LogP contribution >= 0.6 is 0 Å². The number of benzene rings is 1. The van der Waals surface area contributed by atoms with E-state index in [0.717, 1.165) is 43.4 Å². The van der Waals surface area contributed by atoms with Gasteiger partial charge in [-0.05, 0) is 44.4 Å². The average Bonchev–Trinajstić information content (AvgIpc) is 2.45. The molecule has 0 radical (unpaired) electrons. The van der Waals surface area contributed by atoms with Crippen LogP contribution in [0.4, 0.5) is 5.69 Å². The van der Waals surface area contributed by atoms with Crippen molar-refractivity contribution in [2.75, 3.05) is 5.73 Å². The van der Waals surface area contributed by atoms with Gasteiger partial charge in [-0.3, -0.25) is 4.79 Å². The molecule has 3 nitrogen and oxygen atoms in total. The molecule has 21 heavy (non-hydrogen) atoms. The number of nitrogen functional groups attached to an aromatic ring is 1. The number of anilines is 1. The molecule has 1 rings (SSSR count). The first kappa shape index (κ1) is 17.5. The van der Waals surface area contributed by atoms with Crippen LogP contribution in [-0.2, 0) is 10.2 Å². The van der Waals surface area contributed by atoms with Gasteiger partial charge < -0.3 is 11.1 Å². The highest BCUT2D eigenvalue weighted by Crippen LogP contribution is 2.25. The first-order valence-electron chi connectivity index (χ1n) is 8.08. The molecule has 0 saturated carbocycles. The first-order valence-corrected chi connectivity index (χ1v) is 8.08. The fourth-order valence-corrected chi connectivity index (χ4v) is 2.48. The lowest BCUT2D eigenvalue weighted by molar-refractivity contribution is -0.126. The summed E-state index contributed by atoms with van der Waals surface area (Å²) in [6.07, 6.45) is 5.53. The first-order chi connectivity index (χ1) is 9.91. The Balaban J connectivity index is 2.76. The lowest BCUT2D eigenvalue weighted by atomic mass is 9.83. The van der Waals surface area contributed by atoms with Gasteiger partial charge in [0, 0.05) is 11.7 Å². The average molecular weight is 290 g/mol. The number of carbonyl (C=O) groups excluding carboxylic acids is 1. The van der Waals surface area contributed by atoms with E-state index in [0.29, 0.717) is 0 Å². The van der Waals surface area contributed by atoms with Crippen molar-refractivity contribution in [2.45, 2.75) is 71.3 Å². The second-order valence-electron chi connectivity index (χ2n) is 6.35. The second-order valence-corrected chi connectivity index (χ2v) is 6.35. The van der Waals surface area contributed by atoms with Crippen molar-refractivity contribution in [1.29, 1.82) is 0 Å². The molecule has 3 N–H and O–H groups in total. The summed E-state index contributed by atoms with van der Waals surface area (Å²) in [5.74, 6) is 0.0989. The molecule has 3 heteroatoms. The van der Waals surface area contributed by atoms with Gasteiger partial charge in [0.2, 0.25) is 5.91 Å². The topological polar surface area (TPSA) is 55.1 Å². The zero-order valence-electron chi connectivity index (χ0n) is 13.9. The third-order valence-electron chi connectivity index (χ3n) is 4.08. The molecule has 0 aromatic heterocycles. The van der Waals surface area contributed by atoms with Crippen LogP contribution in [0.5, 0.6) is 0 Å². The van der Waals surface area contributed by atoms with Crippen LogP contribution < -0.4 is 11.1 Å². The van der Waals surface area contributed by atoms with Gasteiger partial charge in [-0.15, -0.1) is 0 Å². The Morgan fingerprint density at radius 2 is 1.76 bits per heavy atom. The Bertz CT molecular complexity index is 437. The largest absolute Gasteiger partial charge is 0.399 e. The third kappa shape index (κ3) is 5.07. The highest BCUT2D eigenvalue weighted by molar-refractivity contribution is 5.87. The van der Waals surface area contributed by atoms with Crippen molar-refractivity contribution in [2.24, 2.45) is 0 Å². The summed E-state index contributed by atoms with van der Waals surface area (Å²) in [5.41, 5.74) is 6.91. The summed E-state index contributed by atoms with van der Waals surface area (Å²) < 4.78 is 0. The molecule has 1 aromatic carbocycles. The monoisotopic (exact) mass is 290 g/mol. The molecule has 0 heterocycles. The van der Waals surface area contributed by atoms with E-state index in [1.165, 1.54) is 0 Å². The molecular formula is C18H30N2O. The molecule has 1 amide bonds. The molecule has 1 unspecified atom stereocenters. The van der Waals surface area contributed by atoms with Gasteiger partial charge in [0.1, 0.15) is 0 Å². The predicted molar refractivity (Wildman–Crippen MR) is 90.2 cm³/mol. The summed E-state index contributed by atoms with van der Waals surface area (Å²) in [6, 6.07) is 7.87. The quantitative estimate of drug-likeness (QED) is 0.710. The third-order valence-corrected chi connectivity index (χ3v) is 4.08. The van der Waals surface area contributed by atoms with Crippen LogP contribution in [-0.4, -0.2) is 11.9 Å². The van der Waals surface area contributed by atoms with Crippen molar-refractivity contribution in [3.8, 4) is 0 Å². The Kier molecular flexibility index (Phi) is 6.73. The Morgan fingerprint density at radius 3 is 2.29 bits per heavy atom. The van der Waals surface area contributed by atoms with E-state index in [9.17, 15) is 4.79 Å². The van der Waals surface area contributed by atoms with E-state index in [1.807, 2.05) is 38.1 Å². The summed E-state index contributed by atoms with van der Waals surface area (Å²) in [7, 11) is 0. The molecule has 0 bridgehead atoms. The van der Waals surface area contributed by atoms with Crippen LogP contribution in [0.15, 0.2) is 24.3 Å². The highest BCUT2D eigenvalue weighted by Gasteiger charge is 2.30. The summed E-state index contributed by atoms with van der Waals surface area (Å²) >= 11 is 0. The molecule has 0 fully saturated rings. The van der Waals surface area contributed by atoms with E-state index < -0.39 is 5.41 Å². The van der Waals surface area contributed by atoms with Crippen molar-refractivity contribution in [3.05, 3.63) is 29.8 Å². The number of hydrogen-bond donors (Lipinski definition) is 2. The van der Waals surface area contributed by atoms with Gasteiger partial charge in [0.25, 0.3) is 0 Å². The fourth-order valence-electron chi connectivity index (χ4n) is 2.48. The van der Waals surface area contributed by atoms with Crippen molar-refractivity contribution < 1.29 is 4.79 Å². The molecule has 118 valence electrons. The van der Waals surface area contributed by atoms with E-state index in [1.54, 1.807) is 0 Å². The number of carbonyl (C=O) groups is 1. The zero-order chi connectivity index (χ0) is 15.9. The van der Waals surface area contributed by atoms with E-state index in [4.69, 9.17) is 5.73 Å². The lowest BCUT2D eigenvalue weighted by Crippen LogP contribution is -2.45. The van der Waals surface area contributed by atoms with E-state index in [-0.39, 0.29) is 11.9 Å². The second kappa shape index (κ2) is 8.06. The maximum Gasteiger partial charge on any atom is 0.230 e. The Hall–Kier alpha value is -1.51. The van der Waals surface area contributed by atoms with Gasteiger partial charge in [0.05, 0.1) is 5.41 Å². The minimum absolute atomic E-state index is 0.0989. The number of nitrogens with two attached hydrogens (primary N) is 1. The molecule has 0 aliphatic heterocycles. The highest BCUT2D eigenvalue weighted by atomic mass is 16.2. The standard InChI is InChI=1S/C18H30N2O/c1-5-7-9-16(8-6-2)20-17(21)18(3,4)14-10-12-15(19)13-11-14/h10-13,16H,5-9,19H2,1-4H3,(H,20,21). The molecule has 0 aliphatic rings. The molecule has 1 aromatic rings. The van der Waals surface area contributed by atoms with Crippen LogP contribution in [0.3, 0.4) is 0 Å². The smallest absolute Gasteiger partial charge is 0.230 e. The number of amides is 1. The summed E-state index contributed by atoms with van der Waals surface area (Å²) in [5, 5.41) is 3.24. The van der Waals surface area contributed by atoms with Crippen molar-refractivity contribution in [1.82, 2.24) is 5.32 Å². The van der Waals surface area contributed by atoms with Crippen molar-refractivity contribution in [3.63, 3.8) is 0 Å². The summed E-state index contributed by atoms with van der Waals surface area (Å²) in [4.78, 5) is 12.7. The maximum atomic E-state index is 12.7. The Labute approximate surface area is 129 Å².